The van der Waals surface area contributed by atoms with E-state index in [1.807, 2.05) is 0 Å². The van der Waals surface area contributed by atoms with Crippen LogP contribution in [0.4, 0.5) is 4.79 Å². The maximum atomic E-state index is 12.4. The molecule has 2 amide bonds. The van der Waals surface area contributed by atoms with E-state index < -0.39 is 33.7 Å². The summed E-state index contributed by atoms with van der Waals surface area (Å²) < 4.78 is -0.644. The molecule has 7 heteroatoms. The van der Waals surface area contributed by atoms with Crippen molar-refractivity contribution in [2.75, 3.05) is 6.54 Å². The molecule has 3 N–H and O–H groups in total. The summed E-state index contributed by atoms with van der Waals surface area (Å²) in [5.41, 5.74) is -1.94. The zero-order valence-corrected chi connectivity index (χ0v) is 14.9. The van der Waals surface area contributed by atoms with Crippen molar-refractivity contribution in [3.8, 4) is 0 Å². The average Bonchev–Trinajstić information content (AvgIpc) is 2.83. The molecule has 1 aliphatic heterocycles. The summed E-state index contributed by atoms with van der Waals surface area (Å²) in [7, 11) is 0. The number of carbonyl (C=O) groups excluding carboxylic acids is 1. The third kappa shape index (κ3) is 2.89. The van der Waals surface area contributed by atoms with Gasteiger partial charge in [0.1, 0.15) is 12.1 Å². The highest BCUT2D eigenvalue weighted by Gasteiger charge is 2.70. The fourth-order valence-electron chi connectivity index (χ4n) is 4.03. The van der Waals surface area contributed by atoms with Gasteiger partial charge in [-0.15, -0.1) is 0 Å². The number of hydrogen-bond donors (Lipinski definition) is 3. The van der Waals surface area contributed by atoms with Crippen molar-refractivity contribution in [2.24, 2.45) is 0 Å². The summed E-state index contributed by atoms with van der Waals surface area (Å²) in [5.74, 6) is -1.51. The summed E-state index contributed by atoms with van der Waals surface area (Å²) >= 11 is 0. The molecule has 3 unspecified atom stereocenters. The molecule has 1 aliphatic rings. The zero-order valence-electron chi connectivity index (χ0n) is 14.9. The lowest BCUT2D eigenvalue weighted by Crippen LogP contribution is -2.73. The average molecular weight is 349 g/mol. The molecule has 25 heavy (non-hydrogen) atoms. The maximum absolute atomic E-state index is 12.4. The molecular weight excluding hydrogens is 324 g/mol. The molecular formula is C18H25N2O5+. The molecule has 0 saturated carbocycles. The van der Waals surface area contributed by atoms with E-state index in [2.05, 4.69) is 5.32 Å². The Morgan fingerprint density at radius 1 is 1.16 bits per heavy atom. The number of nitrogens with one attached hydrogen (secondary N) is 1. The van der Waals surface area contributed by atoms with E-state index in [1.54, 1.807) is 51.1 Å². The number of rotatable bonds is 3. The fraction of sp³-hybridized carbons (Fsp3) is 0.500. The fourth-order valence-corrected chi connectivity index (χ4v) is 4.03. The molecule has 0 bridgehead atoms. The number of quaternary nitrogens is 1. The lowest BCUT2D eigenvalue weighted by molar-refractivity contribution is -0.928. The Labute approximate surface area is 146 Å². The van der Waals surface area contributed by atoms with Crippen LogP contribution in [0, 0.1) is 0 Å². The summed E-state index contributed by atoms with van der Waals surface area (Å²) in [6, 6.07) is 8.02. The van der Waals surface area contributed by atoms with Gasteiger partial charge >= 0.3 is 12.1 Å². The van der Waals surface area contributed by atoms with E-state index in [-0.39, 0.29) is 18.9 Å². The van der Waals surface area contributed by atoms with Gasteiger partial charge in [-0.2, -0.15) is 4.79 Å². The number of amides is 2. The van der Waals surface area contributed by atoms with E-state index in [4.69, 9.17) is 0 Å². The molecule has 0 spiro atoms. The van der Waals surface area contributed by atoms with Crippen LogP contribution >= 0.6 is 0 Å². The zero-order chi connectivity index (χ0) is 19.0. The molecule has 1 fully saturated rings. The highest BCUT2D eigenvalue weighted by Crippen LogP contribution is 2.44. The van der Waals surface area contributed by atoms with E-state index >= 15 is 0 Å². The van der Waals surface area contributed by atoms with Crippen molar-refractivity contribution in [2.45, 2.75) is 51.2 Å². The number of carboxylic acid groups (broad SMARTS) is 2. The molecule has 1 aromatic rings. The van der Waals surface area contributed by atoms with E-state index in [9.17, 15) is 24.6 Å². The number of likely N-dealkylation sites (tertiary alicyclic amines) is 1. The summed E-state index contributed by atoms with van der Waals surface area (Å²) in [5, 5.41) is 22.6. The minimum absolute atomic E-state index is 0.0141. The second-order valence-corrected chi connectivity index (χ2v) is 7.77. The molecule has 1 aromatic carbocycles. The topological polar surface area (TPSA) is 104 Å². The third-order valence-electron chi connectivity index (χ3n) is 5.28. The first kappa shape index (κ1) is 18.9. The van der Waals surface area contributed by atoms with Crippen LogP contribution in [0.1, 0.15) is 44.5 Å². The summed E-state index contributed by atoms with van der Waals surface area (Å²) in [6.45, 7) is 6.60. The second-order valence-electron chi connectivity index (χ2n) is 7.77. The predicted octanol–water partition coefficient (Wildman–Crippen LogP) is 2.33. The van der Waals surface area contributed by atoms with E-state index in [0.29, 0.717) is 5.56 Å². The normalized spacial score (nSPS) is 29.2. The Hall–Kier alpha value is -2.41. The van der Waals surface area contributed by atoms with Gasteiger partial charge in [-0.25, -0.2) is 9.28 Å². The van der Waals surface area contributed by atoms with Crippen LogP contribution < -0.4 is 5.32 Å². The number of benzene rings is 1. The first-order valence-corrected chi connectivity index (χ1v) is 8.17. The lowest BCUT2D eigenvalue weighted by Gasteiger charge is -2.48. The van der Waals surface area contributed by atoms with Crippen LogP contribution in [0.25, 0.3) is 0 Å². The number of nitrogens with zero attached hydrogens (tertiary/aromatic N) is 1. The highest BCUT2D eigenvalue weighted by atomic mass is 16.4. The number of hydrogen-bond acceptors (Lipinski definition) is 3. The van der Waals surface area contributed by atoms with Crippen molar-refractivity contribution in [1.29, 1.82) is 0 Å². The van der Waals surface area contributed by atoms with Crippen molar-refractivity contribution in [1.82, 2.24) is 5.32 Å². The lowest BCUT2D eigenvalue weighted by atomic mass is 9.89. The second kappa shape index (κ2) is 6.15. The van der Waals surface area contributed by atoms with E-state index in [0.717, 1.165) is 0 Å². The Morgan fingerprint density at radius 3 is 2.12 bits per heavy atom. The Balaban J connectivity index is 2.38. The Kier molecular flexibility index (Phi) is 4.65. The quantitative estimate of drug-likeness (QED) is 0.727. The van der Waals surface area contributed by atoms with Gasteiger partial charge < -0.3 is 15.5 Å². The molecule has 7 nitrogen and oxygen atoms in total. The van der Waals surface area contributed by atoms with Crippen LogP contribution in [0.2, 0.25) is 0 Å². The van der Waals surface area contributed by atoms with Crippen molar-refractivity contribution in [3.63, 3.8) is 0 Å². The van der Waals surface area contributed by atoms with Crippen LogP contribution in [-0.2, 0) is 4.79 Å². The van der Waals surface area contributed by atoms with Gasteiger partial charge in [-0.05, 0) is 32.9 Å². The molecule has 136 valence electrons. The molecule has 3 atom stereocenters. The molecule has 0 aliphatic carbocycles. The van der Waals surface area contributed by atoms with Crippen LogP contribution in [0.3, 0.4) is 0 Å². The predicted molar refractivity (Wildman–Crippen MR) is 91.3 cm³/mol. The first-order valence-electron chi connectivity index (χ1n) is 8.17. The van der Waals surface area contributed by atoms with Crippen molar-refractivity contribution in [3.05, 3.63) is 35.9 Å². The van der Waals surface area contributed by atoms with Gasteiger partial charge in [0.05, 0.1) is 6.04 Å². The number of carbonyl (C=O) groups is 3. The molecule has 1 saturated heterocycles. The standard InChI is InChI=1S/C18H24N2O5/c1-17(2,3)20(16(24)25)11-13(10-18(20,4)15(22)23)19-14(21)12-8-6-5-7-9-12/h5-9,13H,10-11H2,1-4H3,(H2-,19,21,22,23,24,25)/p+1. The van der Waals surface area contributed by atoms with Crippen LogP contribution in [0.15, 0.2) is 30.3 Å². The van der Waals surface area contributed by atoms with Crippen LogP contribution in [-0.4, -0.2) is 56.3 Å². The third-order valence-corrected chi connectivity index (χ3v) is 5.28. The largest absolute Gasteiger partial charge is 0.514 e. The minimum Gasteiger partial charge on any atom is -0.477 e. The Bertz CT molecular complexity index is 697. The molecule has 1 heterocycles. The number of aliphatic carboxylic acids is 1. The summed E-state index contributed by atoms with van der Waals surface area (Å²) in [4.78, 5) is 36.6. The molecule has 0 aromatic heterocycles. The molecule has 0 radical (unpaired) electrons. The monoisotopic (exact) mass is 349 g/mol. The van der Waals surface area contributed by atoms with Gasteiger partial charge in [0.25, 0.3) is 5.91 Å². The molecule has 2 rings (SSSR count). The van der Waals surface area contributed by atoms with Gasteiger partial charge in [-0.1, -0.05) is 18.2 Å². The number of carboxylic acids is 1. The SMILES string of the molecule is CC(C)(C)[N+]1(C(=O)O)CC(NC(=O)c2ccccc2)CC1(C)C(=O)O. The smallest absolute Gasteiger partial charge is 0.477 e. The summed E-state index contributed by atoms with van der Waals surface area (Å²) in [6.07, 6.45) is -1.15. The van der Waals surface area contributed by atoms with Gasteiger partial charge in [0.15, 0.2) is 0 Å². The maximum Gasteiger partial charge on any atom is 0.514 e. The Morgan fingerprint density at radius 2 is 1.72 bits per heavy atom. The minimum atomic E-state index is -1.54. The van der Waals surface area contributed by atoms with Gasteiger partial charge in [0.2, 0.25) is 5.54 Å². The highest BCUT2D eigenvalue weighted by molar-refractivity contribution is 5.94. The van der Waals surface area contributed by atoms with E-state index in [1.165, 1.54) is 6.92 Å². The van der Waals surface area contributed by atoms with Crippen LogP contribution in [0.5, 0.6) is 0 Å². The van der Waals surface area contributed by atoms with Crippen molar-refractivity contribution >= 4 is 18.0 Å². The van der Waals surface area contributed by atoms with Crippen molar-refractivity contribution < 1.29 is 29.1 Å². The first-order chi connectivity index (χ1) is 11.5. The van der Waals surface area contributed by atoms with Gasteiger partial charge in [-0.3, -0.25) is 4.79 Å². The van der Waals surface area contributed by atoms with Gasteiger partial charge in [0, 0.05) is 18.9 Å².